The largest absolute Gasteiger partial charge is 0.381 e. The van der Waals surface area contributed by atoms with Crippen LogP contribution in [0.5, 0.6) is 0 Å². The lowest BCUT2D eigenvalue weighted by Crippen LogP contribution is -2.25. The van der Waals surface area contributed by atoms with Crippen molar-refractivity contribution in [3.8, 4) is 0 Å². The smallest absolute Gasteiger partial charge is 0.0604 e. The summed E-state index contributed by atoms with van der Waals surface area (Å²) >= 11 is 0. The third kappa shape index (κ3) is 1.31. The van der Waals surface area contributed by atoms with E-state index in [0.717, 1.165) is 5.92 Å². The quantitative estimate of drug-likeness (QED) is 0.567. The van der Waals surface area contributed by atoms with E-state index >= 15 is 0 Å². The van der Waals surface area contributed by atoms with Gasteiger partial charge >= 0.3 is 0 Å². The van der Waals surface area contributed by atoms with Gasteiger partial charge in [0.2, 0.25) is 0 Å². The van der Waals surface area contributed by atoms with Crippen molar-refractivity contribution >= 4 is 0 Å². The van der Waals surface area contributed by atoms with E-state index in [2.05, 4.69) is 27.7 Å². The molecule has 3 atom stereocenters. The highest BCUT2D eigenvalue weighted by atomic mass is 16.5. The van der Waals surface area contributed by atoms with Gasteiger partial charge in [-0.15, -0.1) is 0 Å². The summed E-state index contributed by atoms with van der Waals surface area (Å²) in [5, 5.41) is 0. The molecule has 1 saturated carbocycles. The fourth-order valence-corrected chi connectivity index (χ4v) is 2.08. The maximum atomic E-state index is 5.43. The zero-order valence-corrected chi connectivity index (χ0v) is 8.35. The first-order valence-corrected chi connectivity index (χ1v) is 4.53. The van der Waals surface area contributed by atoms with Crippen LogP contribution in [-0.2, 0) is 4.74 Å². The SMILES string of the molecule is COC1CC(C)C(C)(C)C1C. The molecule has 0 heterocycles. The molecule has 1 aliphatic carbocycles. The highest BCUT2D eigenvalue weighted by molar-refractivity contribution is 4.93. The van der Waals surface area contributed by atoms with Crippen molar-refractivity contribution in [2.75, 3.05) is 7.11 Å². The van der Waals surface area contributed by atoms with Crippen LogP contribution >= 0.6 is 0 Å². The first-order valence-electron chi connectivity index (χ1n) is 4.53. The second-order valence-electron chi connectivity index (χ2n) is 4.52. The predicted octanol–water partition coefficient (Wildman–Crippen LogP) is 2.70. The Bertz CT molecular complexity index is 140. The second kappa shape index (κ2) is 2.78. The summed E-state index contributed by atoms with van der Waals surface area (Å²) in [6.45, 7) is 9.33. The van der Waals surface area contributed by atoms with Crippen LogP contribution < -0.4 is 0 Å². The molecule has 1 rings (SSSR count). The van der Waals surface area contributed by atoms with Crippen molar-refractivity contribution in [2.24, 2.45) is 17.3 Å². The zero-order valence-electron chi connectivity index (χ0n) is 8.35. The third-order valence-electron chi connectivity index (χ3n) is 3.89. The Labute approximate surface area is 70.1 Å². The van der Waals surface area contributed by atoms with Crippen molar-refractivity contribution in [2.45, 2.75) is 40.2 Å². The maximum absolute atomic E-state index is 5.43. The lowest BCUT2D eigenvalue weighted by Gasteiger charge is -2.29. The topological polar surface area (TPSA) is 9.23 Å². The van der Waals surface area contributed by atoms with Gasteiger partial charge in [-0.3, -0.25) is 0 Å². The van der Waals surface area contributed by atoms with Gasteiger partial charge in [0.25, 0.3) is 0 Å². The lowest BCUT2D eigenvalue weighted by atomic mass is 9.77. The molecule has 0 spiro atoms. The molecule has 3 unspecified atom stereocenters. The molecule has 0 aliphatic heterocycles. The predicted molar refractivity (Wildman–Crippen MR) is 47.5 cm³/mol. The molecule has 0 radical (unpaired) electrons. The molecule has 0 N–H and O–H groups in total. The van der Waals surface area contributed by atoms with E-state index in [4.69, 9.17) is 4.74 Å². The molecule has 1 heteroatoms. The van der Waals surface area contributed by atoms with E-state index in [1.165, 1.54) is 6.42 Å². The molecule has 0 saturated heterocycles. The van der Waals surface area contributed by atoms with Gasteiger partial charge in [-0.05, 0) is 23.7 Å². The van der Waals surface area contributed by atoms with E-state index in [-0.39, 0.29) is 0 Å². The summed E-state index contributed by atoms with van der Waals surface area (Å²) in [6.07, 6.45) is 1.71. The highest BCUT2D eigenvalue weighted by Gasteiger charge is 2.44. The van der Waals surface area contributed by atoms with Crippen LogP contribution in [0.1, 0.15) is 34.1 Å². The Morgan fingerprint density at radius 1 is 1.27 bits per heavy atom. The van der Waals surface area contributed by atoms with Crippen molar-refractivity contribution in [3.05, 3.63) is 0 Å². The Morgan fingerprint density at radius 3 is 2.00 bits per heavy atom. The summed E-state index contributed by atoms with van der Waals surface area (Å²) in [5.74, 6) is 1.49. The fraction of sp³-hybridized carbons (Fsp3) is 1.00. The minimum atomic E-state index is 0.459. The van der Waals surface area contributed by atoms with Gasteiger partial charge < -0.3 is 4.74 Å². The summed E-state index contributed by atoms with van der Waals surface area (Å²) in [4.78, 5) is 0. The van der Waals surface area contributed by atoms with Gasteiger partial charge in [0.15, 0.2) is 0 Å². The fourth-order valence-electron chi connectivity index (χ4n) is 2.08. The van der Waals surface area contributed by atoms with E-state index in [0.29, 0.717) is 17.4 Å². The molecule has 1 nitrogen and oxygen atoms in total. The lowest BCUT2D eigenvalue weighted by molar-refractivity contribution is 0.0539. The molecule has 0 amide bonds. The van der Waals surface area contributed by atoms with E-state index in [9.17, 15) is 0 Å². The Balaban J connectivity index is 2.71. The average Bonchev–Trinajstić information content (AvgIpc) is 2.14. The minimum Gasteiger partial charge on any atom is -0.381 e. The second-order valence-corrected chi connectivity index (χ2v) is 4.52. The number of hydrogen-bond acceptors (Lipinski definition) is 1. The Kier molecular flexibility index (Phi) is 2.29. The number of hydrogen-bond donors (Lipinski definition) is 0. The molecule has 66 valence electrons. The minimum absolute atomic E-state index is 0.459. The van der Waals surface area contributed by atoms with Crippen LogP contribution in [0.2, 0.25) is 0 Å². The molecule has 11 heavy (non-hydrogen) atoms. The number of ether oxygens (including phenoxy) is 1. The molecule has 1 aliphatic rings. The average molecular weight is 156 g/mol. The highest BCUT2D eigenvalue weighted by Crippen LogP contribution is 2.47. The van der Waals surface area contributed by atoms with Gasteiger partial charge in [-0.1, -0.05) is 27.7 Å². The van der Waals surface area contributed by atoms with E-state index in [1.807, 2.05) is 7.11 Å². The van der Waals surface area contributed by atoms with Crippen molar-refractivity contribution < 1.29 is 4.74 Å². The summed E-state index contributed by atoms with van der Waals surface area (Å²) in [6, 6.07) is 0. The molecule has 0 bridgehead atoms. The van der Waals surface area contributed by atoms with Gasteiger partial charge in [0, 0.05) is 7.11 Å². The van der Waals surface area contributed by atoms with Crippen LogP contribution in [-0.4, -0.2) is 13.2 Å². The molecule has 1 fully saturated rings. The van der Waals surface area contributed by atoms with Gasteiger partial charge in [0.05, 0.1) is 6.10 Å². The molecule has 0 aromatic carbocycles. The van der Waals surface area contributed by atoms with Crippen molar-refractivity contribution in [1.29, 1.82) is 0 Å². The maximum Gasteiger partial charge on any atom is 0.0604 e. The number of methoxy groups -OCH3 is 1. The molecule has 0 aromatic heterocycles. The van der Waals surface area contributed by atoms with Crippen LogP contribution in [0.15, 0.2) is 0 Å². The number of rotatable bonds is 1. The van der Waals surface area contributed by atoms with Crippen molar-refractivity contribution in [3.63, 3.8) is 0 Å². The van der Waals surface area contributed by atoms with Gasteiger partial charge in [-0.25, -0.2) is 0 Å². The van der Waals surface area contributed by atoms with E-state index in [1.54, 1.807) is 0 Å². The monoisotopic (exact) mass is 156 g/mol. The summed E-state index contributed by atoms with van der Waals surface area (Å²) in [7, 11) is 1.83. The molecular formula is C10H20O. The zero-order chi connectivity index (χ0) is 8.65. The Morgan fingerprint density at radius 2 is 1.82 bits per heavy atom. The Hall–Kier alpha value is -0.0400. The first-order chi connectivity index (χ1) is 5.00. The normalized spacial score (nSPS) is 42.8. The van der Waals surface area contributed by atoms with Crippen LogP contribution in [0.25, 0.3) is 0 Å². The molecular weight excluding hydrogens is 136 g/mol. The van der Waals surface area contributed by atoms with Crippen LogP contribution in [0.4, 0.5) is 0 Å². The standard InChI is InChI=1S/C10H20O/c1-7-6-9(11-5)8(2)10(7,3)4/h7-9H,6H2,1-5H3. The first kappa shape index (κ1) is 9.05. The third-order valence-corrected chi connectivity index (χ3v) is 3.89. The van der Waals surface area contributed by atoms with E-state index < -0.39 is 0 Å². The summed E-state index contributed by atoms with van der Waals surface area (Å²) < 4.78 is 5.43. The van der Waals surface area contributed by atoms with Gasteiger partial charge in [-0.2, -0.15) is 0 Å². The molecule has 0 aromatic rings. The van der Waals surface area contributed by atoms with Crippen LogP contribution in [0, 0.1) is 17.3 Å². The van der Waals surface area contributed by atoms with Crippen molar-refractivity contribution in [1.82, 2.24) is 0 Å². The van der Waals surface area contributed by atoms with Crippen LogP contribution in [0.3, 0.4) is 0 Å². The van der Waals surface area contributed by atoms with Gasteiger partial charge in [0.1, 0.15) is 0 Å². The summed E-state index contributed by atoms with van der Waals surface area (Å²) in [5.41, 5.74) is 0.459.